The number of nitrogens with zero attached hydrogens (tertiary/aromatic N) is 1. The van der Waals surface area contributed by atoms with Crippen LogP contribution in [-0.4, -0.2) is 25.1 Å². The van der Waals surface area contributed by atoms with Crippen molar-refractivity contribution >= 4 is 11.6 Å². The Morgan fingerprint density at radius 2 is 1.84 bits per heavy atom. The molecular weight excluding hydrogens is 320 g/mol. The first-order chi connectivity index (χ1) is 12.1. The largest absolute Gasteiger partial charge is 0.496 e. The van der Waals surface area contributed by atoms with Crippen LogP contribution in [0.3, 0.4) is 0 Å². The highest BCUT2D eigenvalue weighted by molar-refractivity contribution is 6.05. The summed E-state index contributed by atoms with van der Waals surface area (Å²) >= 11 is 0. The van der Waals surface area contributed by atoms with Gasteiger partial charge >= 0.3 is 0 Å². The number of carbonyl (C=O) groups is 1. The summed E-state index contributed by atoms with van der Waals surface area (Å²) in [4.78, 5) is 16.5. The summed E-state index contributed by atoms with van der Waals surface area (Å²) in [6.45, 7) is 1.88. The summed E-state index contributed by atoms with van der Waals surface area (Å²) in [5, 5.41) is 2.87. The Bertz CT molecular complexity index is 863. The van der Waals surface area contributed by atoms with Crippen LogP contribution in [0.4, 0.5) is 5.69 Å². The second-order valence-electron chi connectivity index (χ2n) is 5.41. The van der Waals surface area contributed by atoms with Crippen LogP contribution >= 0.6 is 0 Å². The maximum Gasteiger partial charge on any atom is 0.255 e. The highest BCUT2D eigenvalue weighted by Gasteiger charge is 2.14. The number of ether oxygens (including phenoxy) is 2. The van der Waals surface area contributed by atoms with Crippen LogP contribution in [0.15, 0.2) is 53.4 Å². The Hall–Kier alpha value is -3.28. The van der Waals surface area contributed by atoms with Gasteiger partial charge in [-0.05, 0) is 31.2 Å². The minimum Gasteiger partial charge on any atom is -0.496 e. The van der Waals surface area contributed by atoms with E-state index in [9.17, 15) is 4.79 Å². The lowest BCUT2D eigenvalue weighted by Crippen LogP contribution is -2.12. The van der Waals surface area contributed by atoms with Gasteiger partial charge in [-0.1, -0.05) is 12.1 Å². The van der Waals surface area contributed by atoms with Crippen LogP contribution in [0, 0.1) is 6.92 Å². The monoisotopic (exact) mass is 338 g/mol. The van der Waals surface area contributed by atoms with Crippen molar-refractivity contribution in [2.24, 2.45) is 0 Å². The molecule has 3 rings (SSSR count). The van der Waals surface area contributed by atoms with Crippen molar-refractivity contribution in [3.05, 3.63) is 60.1 Å². The molecular formula is C19H18N2O4. The van der Waals surface area contributed by atoms with E-state index in [1.165, 1.54) is 6.39 Å². The van der Waals surface area contributed by atoms with Gasteiger partial charge in [-0.3, -0.25) is 4.79 Å². The van der Waals surface area contributed by atoms with Crippen molar-refractivity contribution in [3.8, 4) is 22.8 Å². The lowest BCUT2D eigenvalue weighted by atomic mass is 10.1. The number of hydrogen-bond acceptors (Lipinski definition) is 5. The quantitative estimate of drug-likeness (QED) is 0.763. The molecule has 0 aliphatic heterocycles. The topological polar surface area (TPSA) is 73.6 Å². The Kier molecular flexibility index (Phi) is 4.70. The van der Waals surface area contributed by atoms with Gasteiger partial charge < -0.3 is 19.2 Å². The smallest absolute Gasteiger partial charge is 0.255 e. The molecule has 0 bridgehead atoms. The molecule has 3 aromatic rings. The highest BCUT2D eigenvalue weighted by Crippen LogP contribution is 2.30. The maximum absolute atomic E-state index is 12.6. The van der Waals surface area contributed by atoms with E-state index >= 15 is 0 Å². The average molecular weight is 338 g/mol. The Balaban J connectivity index is 1.87. The van der Waals surface area contributed by atoms with Gasteiger partial charge in [0.05, 0.1) is 20.4 Å². The Morgan fingerprint density at radius 1 is 1.12 bits per heavy atom. The van der Waals surface area contributed by atoms with E-state index in [1.807, 2.05) is 25.1 Å². The van der Waals surface area contributed by atoms with Crippen molar-refractivity contribution in [2.45, 2.75) is 6.92 Å². The summed E-state index contributed by atoms with van der Waals surface area (Å²) in [6.07, 6.45) is 2.99. The molecule has 6 heteroatoms. The van der Waals surface area contributed by atoms with Crippen LogP contribution in [-0.2, 0) is 0 Å². The summed E-state index contributed by atoms with van der Waals surface area (Å²) in [7, 11) is 3.12. The predicted octanol–water partition coefficient (Wildman–Crippen LogP) is 3.92. The van der Waals surface area contributed by atoms with Crippen LogP contribution < -0.4 is 14.8 Å². The van der Waals surface area contributed by atoms with E-state index in [0.29, 0.717) is 28.5 Å². The second kappa shape index (κ2) is 7.09. The third-order valence-electron chi connectivity index (χ3n) is 3.85. The second-order valence-corrected chi connectivity index (χ2v) is 5.41. The summed E-state index contributed by atoms with van der Waals surface area (Å²) in [5.74, 6) is 1.57. The van der Waals surface area contributed by atoms with Crippen molar-refractivity contribution in [3.63, 3.8) is 0 Å². The van der Waals surface area contributed by atoms with Crippen molar-refractivity contribution in [1.82, 2.24) is 4.98 Å². The molecule has 0 saturated carbocycles. The first-order valence-electron chi connectivity index (χ1n) is 7.65. The van der Waals surface area contributed by atoms with Crippen LogP contribution in [0.1, 0.15) is 15.9 Å². The molecule has 0 radical (unpaired) electrons. The fraction of sp³-hybridized carbons (Fsp3) is 0.158. The fourth-order valence-electron chi connectivity index (χ4n) is 2.53. The average Bonchev–Trinajstić information content (AvgIpc) is 3.17. The molecule has 1 heterocycles. The van der Waals surface area contributed by atoms with Crippen molar-refractivity contribution in [1.29, 1.82) is 0 Å². The number of carbonyl (C=O) groups excluding carboxylic acids is 1. The zero-order chi connectivity index (χ0) is 17.8. The number of benzene rings is 2. The normalized spacial score (nSPS) is 10.4. The van der Waals surface area contributed by atoms with Gasteiger partial charge in [-0.2, -0.15) is 0 Å². The number of hydrogen-bond donors (Lipinski definition) is 1. The molecule has 2 aromatic carbocycles. The first-order valence-corrected chi connectivity index (χ1v) is 7.65. The molecule has 1 aromatic heterocycles. The van der Waals surface area contributed by atoms with Gasteiger partial charge in [0, 0.05) is 22.4 Å². The number of oxazole rings is 1. The van der Waals surface area contributed by atoms with E-state index in [0.717, 1.165) is 11.1 Å². The molecule has 25 heavy (non-hydrogen) atoms. The van der Waals surface area contributed by atoms with Gasteiger partial charge in [0.2, 0.25) is 0 Å². The highest BCUT2D eigenvalue weighted by atomic mass is 16.5. The summed E-state index contributed by atoms with van der Waals surface area (Å²) < 4.78 is 15.9. The number of rotatable bonds is 5. The minimum atomic E-state index is -0.258. The zero-order valence-electron chi connectivity index (χ0n) is 14.2. The van der Waals surface area contributed by atoms with Crippen molar-refractivity contribution < 1.29 is 18.7 Å². The van der Waals surface area contributed by atoms with E-state index in [1.54, 1.807) is 38.6 Å². The minimum absolute atomic E-state index is 0.258. The number of amides is 1. The molecule has 128 valence electrons. The summed E-state index contributed by atoms with van der Waals surface area (Å²) in [6, 6.07) is 10.7. The zero-order valence-corrected chi connectivity index (χ0v) is 14.2. The summed E-state index contributed by atoms with van der Waals surface area (Å²) in [5.41, 5.74) is 2.77. The molecule has 0 fully saturated rings. The molecule has 0 saturated heterocycles. The molecule has 0 unspecified atom stereocenters. The fourth-order valence-corrected chi connectivity index (χ4v) is 2.53. The first kappa shape index (κ1) is 16.6. The lowest BCUT2D eigenvalue weighted by Gasteiger charge is -2.13. The Labute approximate surface area is 145 Å². The van der Waals surface area contributed by atoms with Gasteiger partial charge in [-0.25, -0.2) is 4.98 Å². The molecule has 0 spiro atoms. The Morgan fingerprint density at radius 3 is 2.44 bits per heavy atom. The van der Waals surface area contributed by atoms with E-state index in [-0.39, 0.29) is 5.91 Å². The van der Waals surface area contributed by atoms with Gasteiger partial charge in [0.25, 0.3) is 5.91 Å². The predicted molar refractivity (Wildman–Crippen MR) is 94.2 cm³/mol. The standard InChI is InChI=1S/C19H18N2O4/c1-12-16(23-2)8-14(9-17(12)24-3)19(22)21-15-6-4-5-13(7-15)18-10-20-11-25-18/h4-11H,1-3H3,(H,21,22). The number of methoxy groups -OCH3 is 2. The molecule has 0 atom stereocenters. The van der Waals surface area contributed by atoms with Gasteiger partial charge in [-0.15, -0.1) is 0 Å². The van der Waals surface area contributed by atoms with Gasteiger partial charge in [0.1, 0.15) is 11.5 Å². The van der Waals surface area contributed by atoms with Crippen LogP contribution in [0.2, 0.25) is 0 Å². The van der Waals surface area contributed by atoms with E-state index in [2.05, 4.69) is 10.3 Å². The van der Waals surface area contributed by atoms with E-state index in [4.69, 9.17) is 13.9 Å². The molecule has 6 nitrogen and oxygen atoms in total. The SMILES string of the molecule is COc1cc(C(=O)Nc2cccc(-c3cnco3)c2)cc(OC)c1C. The van der Waals surface area contributed by atoms with Crippen LogP contribution in [0.25, 0.3) is 11.3 Å². The number of aromatic nitrogens is 1. The lowest BCUT2D eigenvalue weighted by molar-refractivity contribution is 0.102. The molecule has 1 N–H and O–H groups in total. The third kappa shape index (κ3) is 3.47. The maximum atomic E-state index is 12.6. The van der Waals surface area contributed by atoms with Gasteiger partial charge in [0.15, 0.2) is 12.2 Å². The van der Waals surface area contributed by atoms with Crippen LogP contribution in [0.5, 0.6) is 11.5 Å². The molecule has 0 aliphatic carbocycles. The third-order valence-corrected chi connectivity index (χ3v) is 3.85. The number of anilines is 1. The van der Waals surface area contributed by atoms with Crippen molar-refractivity contribution in [2.75, 3.05) is 19.5 Å². The molecule has 1 amide bonds. The van der Waals surface area contributed by atoms with E-state index < -0.39 is 0 Å². The molecule has 0 aliphatic rings. The number of nitrogens with one attached hydrogen (secondary N) is 1.